The van der Waals surface area contributed by atoms with E-state index in [2.05, 4.69) is 10.1 Å². The molecule has 1 amide bonds. The number of carbonyl (C=O) groups excluding carboxylic acids is 1. The van der Waals surface area contributed by atoms with E-state index in [4.69, 9.17) is 23.2 Å². The molecule has 0 aliphatic rings. The maximum atomic E-state index is 13.1. The van der Waals surface area contributed by atoms with Crippen LogP contribution >= 0.6 is 23.2 Å². The normalized spacial score (nSPS) is 11.3. The lowest BCUT2D eigenvalue weighted by Crippen LogP contribution is -2.26. The fourth-order valence-electron chi connectivity index (χ4n) is 2.90. The van der Waals surface area contributed by atoms with Gasteiger partial charge in [-0.3, -0.25) is 4.79 Å². The summed E-state index contributed by atoms with van der Waals surface area (Å²) in [5.41, 5.74) is 2.88. The van der Waals surface area contributed by atoms with Gasteiger partial charge < -0.3 is 4.90 Å². The summed E-state index contributed by atoms with van der Waals surface area (Å²) in [5.74, 6) is -0.111. The largest absolute Gasteiger partial charge is 0.337 e. The van der Waals surface area contributed by atoms with Crippen LogP contribution in [0.1, 0.15) is 41.5 Å². The third kappa shape index (κ3) is 3.41. The summed E-state index contributed by atoms with van der Waals surface area (Å²) in [6.45, 7) is 6.30. The van der Waals surface area contributed by atoms with Gasteiger partial charge in [-0.1, -0.05) is 35.3 Å². The number of benzene rings is 1. The van der Waals surface area contributed by atoms with E-state index in [9.17, 15) is 4.79 Å². The highest BCUT2D eigenvalue weighted by Gasteiger charge is 2.20. The molecule has 0 saturated heterocycles. The van der Waals surface area contributed by atoms with Crippen LogP contribution in [-0.4, -0.2) is 32.6 Å². The van der Waals surface area contributed by atoms with Gasteiger partial charge in [0.15, 0.2) is 5.65 Å². The van der Waals surface area contributed by atoms with Crippen molar-refractivity contribution in [2.24, 2.45) is 0 Å². The molecular formula is C19H20Cl2N4O. The van der Waals surface area contributed by atoms with Gasteiger partial charge in [0.1, 0.15) is 0 Å². The molecule has 136 valence electrons. The maximum absolute atomic E-state index is 13.1. The number of aromatic nitrogens is 3. The van der Waals surface area contributed by atoms with Gasteiger partial charge in [0.05, 0.1) is 27.2 Å². The lowest BCUT2D eigenvalue weighted by Gasteiger charge is -2.19. The van der Waals surface area contributed by atoms with E-state index in [1.165, 1.54) is 0 Å². The summed E-state index contributed by atoms with van der Waals surface area (Å²) < 4.78 is 1.83. The summed E-state index contributed by atoms with van der Waals surface area (Å²) in [5, 5.41) is 6.09. The second-order valence-corrected chi connectivity index (χ2v) is 7.39. The van der Waals surface area contributed by atoms with Crippen molar-refractivity contribution in [3.8, 4) is 0 Å². The van der Waals surface area contributed by atoms with Gasteiger partial charge >= 0.3 is 0 Å². The molecule has 2 heterocycles. The van der Waals surface area contributed by atoms with E-state index in [1.807, 2.05) is 37.6 Å². The van der Waals surface area contributed by atoms with Gasteiger partial charge in [-0.2, -0.15) is 5.10 Å². The van der Waals surface area contributed by atoms with E-state index in [0.29, 0.717) is 22.2 Å². The van der Waals surface area contributed by atoms with Crippen molar-refractivity contribution in [2.75, 3.05) is 7.05 Å². The second-order valence-electron chi connectivity index (χ2n) is 6.61. The van der Waals surface area contributed by atoms with Crippen LogP contribution in [0.2, 0.25) is 10.0 Å². The minimum atomic E-state index is -0.111. The third-order valence-corrected chi connectivity index (χ3v) is 5.06. The number of hydrogen-bond acceptors (Lipinski definition) is 3. The molecule has 5 nitrogen and oxygen atoms in total. The number of carbonyl (C=O) groups is 1. The Morgan fingerprint density at radius 1 is 1.31 bits per heavy atom. The topological polar surface area (TPSA) is 51.0 Å². The SMILES string of the molecule is Cc1cc(C(=O)N(C)Cc2cccc(Cl)c2Cl)c2cnn(C(C)C)c2n1. The van der Waals surface area contributed by atoms with Crippen molar-refractivity contribution in [3.05, 3.63) is 57.3 Å². The van der Waals surface area contributed by atoms with Crippen LogP contribution in [0.15, 0.2) is 30.5 Å². The molecule has 0 N–H and O–H groups in total. The highest BCUT2D eigenvalue weighted by Crippen LogP contribution is 2.27. The van der Waals surface area contributed by atoms with Gasteiger partial charge in [-0.05, 0) is 38.5 Å². The number of rotatable bonds is 4. The molecule has 0 unspecified atom stereocenters. The quantitative estimate of drug-likeness (QED) is 0.636. The van der Waals surface area contributed by atoms with Crippen LogP contribution in [0.25, 0.3) is 11.0 Å². The first-order valence-corrected chi connectivity index (χ1v) is 9.08. The van der Waals surface area contributed by atoms with E-state index >= 15 is 0 Å². The Kier molecular flexibility index (Phi) is 5.21. The molecule has 3 aromatic rings. The van der Waals surface area contributed by atoms with Gasteiger partial charge in [0, 0.05) is 25.3 Å². The van der Waals surface area contributed by atoms with Crippen LogP contribution in [0.4, 0.5) is 0 Å². The Labute approximate surface area is 162 Å². The first-order valence-electron chi connectivity index (χ1n) is 8.32. The van der Waals surface area contributed by atoms with Crippen LogP contribution in [0.5, 0.6) is 0 Å². The van der Waals surface area contributed by atoms with E-state index < -0.39 is 0 Å². The van der Waals surface area contributed by atoms with E-state index in [1.54, 1.807) is 30.3 Å². The highest BCUT2D eigenvalue weighted by atomic mass is 35.5. The molecule has 0 spiro atoms. The summed E-state index contributed by atoms with van der Waals surface area (Å²) in [6.07, 6.45) is 1.70. The summed E-state index contributed by atoms with van der Waals surface area (Å²) >= 11 is 12.3. The minimum Gasteiger partial charge on any atom is -0.337 e. The molecule has 0 atom stereocenters. The fourth-order valence-corrected chi connectivity index (χ4v) is 3.28. The van der Waals surface area contributed by atoms with Crippen molar-refractivity contribution in [1.82, 2.24) is 19.7 Å². The number of aryl methyl sites for hydroxylation is 1. The first kappa shape index (κ1) is 18.7. The predicted octanol–water partition coefficient (Wildman–Crippen LogP) is 4.90. The molecule has 2 aromatic heterocycles. The number of hydrogen-bond donors (Lipinski definition) is 0. The predicted molar refractivity (Wildman–Crippen MR) is 105 cm³/mol. The van der Waals surface area contributed by atoms with E-state index in [0.717, 1.165) is 22.3 Å². The lowest BCUT2D eigenvalue weighted by atomic mass is 10.1. The number of fused-ring (bicyclic) bond motifs is 1. The van der Waals surface area contributed by atoms with Gasteiger partial charge in [-0.25, -0.2) is 9.67 Å². The number of halogens is 2. The van der Waals surface area contributed by atoms with Crippen LogP contribution in [0, 0.1) is 6.92 Å². The van der Waals surface area contributed by atoms with Crippen LogP contribution < -0.4 is 0 Å². The summed E-state index contributed by atoms with van der Waals surface area (Å²) in [7, 11) is 1.74. The number of pyridine rings is 1. The number of nitrogens with zero attached hydrogens (tertiary/aromatic N) is 4. The molecule has 1 aromatic carbocycles. The zero-order valence-electron chi connectivity index (χ0n) is 15.1. The lowest BCUT2D eigenvalue weighted by molar-refractivity contribution is 0.0787. The van der Waals surface area contributed by atoms with Crippen LogP contribution in [0.3, 0.4) is 0 Å². The molecule has 0 saturated carbocycles. The Hall–Kier alpha value is -2.11. The molecule has 0 radical (unpaired) electrons. The first-order chi connectivity index (χ1) is 12.3. The summed E-state index contributed by atoms with van der Waals surface area (Å²) in [4.78, 5) is 19.3. The highest BCUT2D eigenvalue weighted by molar-refractivity contribution is 6.42. The van der Waals surface area contributed by atoms with Gasteiger partial charge in [0.2, 0.25) is 0 Å². The molecule has 0 bridgehead atoms. The Bertz CT molecular complexity index is 981. The molecule has 3 rings (SSSR count). The van der Waals surface area contributed by atoms with Gasteiger partial charge in [-0.15, -0.1) is 0 Å². The van der Waals surface area contributed by atoms with Crippen molar-refractivity contribution >= 4 is 40.1 Å². The zero-order chi connectivity index (χ0) is 19.0. The van der Waals surface area contributed by atoms with Crippen molar-refractivity contribution < 1.29 is 4.79 Å². The molecule has 0 fully saturated rings. The monoisotopic (exact) mass is 390 g/mol. The van der Waals surface area contributed by atoms with Crippen molar-refractivity contribution in [3.63, 3.8) is 0 Å². The Morgan fingerprint density at radius 3 is 2.73 bits per heavy atom. The minimum absolute atomic E-state index is 0.111. The second kappa shape index (κ2) is 7.25. The summed E-state index contributed by atoms with van der Waals surface area (Å²) in [6, 6.07) is 7.37. The maximum Gasteiger partial charge on any atom is 0.254 e. The van der Waals surface area contributed by atoms with Crippen LogP contribution in [-0.2, 0) is 6.54 Å². The molecular weight excluding hydrogens is 371 g/mol. The molecule has 0 aliphatic carbocycles. The molecule has 7 heteroatoms. The molecule has 0 aliphatic heterocycles. The standard InChI is InChI=1S/C19H20Cl2N4O/c1-11(2)25-18-15(9-22-25)14(8-12(3)23-18)19(26)24(4)10-13-6-5-7-16(20)17(13)21/h5-9,11H,10H2,1-4H3. The van der Waals surface area contributed by atoms with Crippen molar-refractivity contribution in [2.45, 2.75) is 33.4 Å². The zero-order valence-corrected chi connectivity index (χ0v) is 16.6. The molecule has 26 heavy (non-hydrogen) atoms. The number of amides is 1. The smallest absolute Gasteiger partial charge is 0.254 e. The van der Waals surface area contributed by atoms with Crippen molar-refractivity contribution in [1.29, 1.82) is 0 Å². The average Bonchev–Trinajstić information content (AvgIpc) is 3.01. The van der Waals surface area contributed by atoms with E-state index in [-0.39, 0.29) is 11.9 Å². The third-order valence-electron chi connectivity index (χ3n) is 4.20. The Morgan fingerprint density at radius 2 is 2.04 bits per heavy atom. The Balaban J connectivity index is 1.98. The van der Waals surface area contributed by atoms with Gasteiger partial charge in [0.25, 0.3) is 5.91 Å². The fraction of sp³-hybridized carbons (Fsp3) is 0.316. The average molecular weight is 391 g/mol.